The van der Waals surface area contributed by atoms with Crippen molar-refractivity contribution < 1.29 is 22.7 Å². The largest absolute Gasteiger partial charge is 0.454 e. The van der Waals surface area contributed by atoms with E-state index in [-0.39, 0.29) is 11.7 Å². The van der Waals surface area contributed by atoms with Gasteiger partial charge in [-0.2, -0.15) is 11.3 Å². The number of carbonyl (C=O) groups excluding carboxylic acids is 1. The van der Waals surface area contributed by atoms with Crippen LogP contribution < -0.4 is 19.5 Å². The third kappa shape index (κ3) is 2.93. The predicted octanol–water partition coefficient (Wildman–Crippen LogP) is 1.99. The highest BCUT2D eigenvalue weighted by Gasteiger charge is 2.19. The number of thiophene rings is 1. The number of hydrogen-bond acceptors (Lipinski definition) is 6. The second kappa shape index (κ2) is 5.26. The first-order valence-electron chi connectivity index (χ1n) is 5.80. The van der Waals surface area contributed by atoms with E-state index >= 15 is 0 Å². The lowest BCUT2D eigenvalue weighted by Crippen LogP contribution is -2.34. The van der Waals surface area contributed by atoms with Gasteiger partial charge in [0.05, 0.1) is 4.90 Å². The van der Waals surface area contributed by atoms with Crippen LogP contribution in [0.4, 0.5) is 10.5 Å². The Labute approximate surface area is 124 Å². The van der Waals surface area contributed by atoms with Crippen molar-refractivity contribution in [2.75, 3.05) is 12.1 Å². The molecule has 0 unspecified atom stereocenters. The zero-order valence-corrected chi connectivity index (χ0v) is 12.2. The van der Waals surface area contributed by atoms with Crippen molar-refractivity contribution in [3.05, 3.63) is 35.0 Å². The minimum absolute atomic E-state index is 0.0494. The Balaban J connectivity index is 1.70. The van der Waals surface area contributed by atoms with Gasteiger partial charge >= 0.3 is 6.03 Å². The molecule has 110 valence electrons. The predicted molar refractivity (Wildman–Crippen MR) is 76.2 cm³/mol. The van der Waals surface area contributed by atoms with Crippen molar-refractivity contribution in [3.63, 3.8) is 0 Å². The van der Waals surface area contributed by atoms with Crippen molar-refractivity contribution in [1.29, 1.82) is 0 Å². The van der Waals surface area contributed by atoms with Gasteiger partial charge in [-0.15, -0.1) is 0 Å². The van der Waals surface area contributed by atoms with Crippen LogP contribution in [0.15, 0.2) is 39.9 Å². The molecule has 7 nitrogen and oxygen atoms in total. The molecule has 0 fully saturated rings. The second-order valence-electron chi connectivity index (χ2n) is 4.09. The second-order valence-corrected chi connectivity index (χ2v) is 6.55. The summed E-state index contributed by atoms with van der Waals surface area (Å²) in [6.07, 6.45) is 0. The van der Waals surface area contributed by atoms with Crippen LogP contribution in [0.3, 0.4) is 0 Å². The SMILES string of the molecule is O=C(Nc1ccc2c(c1)OCO2)NS(=O)(=O)c1ccsc1. The molecule has 2 amide bonds. The van der Waals surface area contributed by atoms with E-state index in [1.807, 2.05) is 4.72 Å². The minimum Gasteiger partial charge on any atom is -0.454 e. The molecule has 1 aliphatic rings. The number of ether oxygens (including phenoxy) is 2. The van der Waals surface area contributed by atoms with Crippen LogP contribution in [0, 0.1) is 0 Å². The van der Waals surface area contributed by atoms with Crippen molar-refractivity contribution in [2.45, 2.75) is 4.90 Å². The van der Waals surface area contributed by atoms with Gasteiger partial charge in [-0.25, -0.2) is 17.9 Å². The number of fused-ring (bicyclic) bond motifs is 1. The Morgan fingerprint density at radius 2 is 2.00 bits per heavy atom. The number of urea groups is 1. The molecule has 0 spiro atoms. The molecule has 21 heavy (non-hydrogen) atoms. The quantitative estimate of drug-likeness (QED) is 0.899. The van der Waals surface area contributed by atoms with E-state index in [1.54, 1.807) is 23.6 Å². The number of nitrogens with one attached hydrogen (secondary N) is 2. The Morgan fingerprint density at radius 3 is 2.76 bits per heavy atom. The summed E-state index contributed by atoms with van der Waals surface area (Å²) in [4.78, 5) is 11.8. The van der Waals surface area contributed by atoms with Crippen LogP contribution >= 0.6 is 11.3 Å². The Hall–Kier alpha value is -2.26. The third-order valence-electron chi connectivity index (χ3n) is 2.66. The Morgan fingerprint density at radius 1 is 1.19 bits per heavy atom. The standard InChI is InChI=1S/C12H10N2O5S2/c15-12(14-21(16,17)9-3-4-20-6-9)13-8-1-2-10-11(5-8)19-7-18-10/h1-6H,7H2,(H2,13,14,15). The monoisotopic (exact) mass is 326 g/mol. The maximum absolute atomic E-state index is 11.9. The molecule has 9 heteroatoms. The molecule has 0 radical (unpaired) electrons. The van der Waals surface area contributed by atoms with E-state index in [2.05, 4.69) is 5.32 Å². The van der Waals surface area contributed by atoms with Gasteiger partial charge in [-0.1, -0.05) is 0 Å². The van der Waals surface area contributed by atoms with E-state index in [1.165, 1.54) is 22.8 Å². The zero-order chi connectivity index (χ0) is 14.9. The van der Waals surface area contributed by atoms with Crippen molar-refractivity contribution in [2.24, 2.45) is 0 Å². The maximum Gasteiger partial charge on any atom is 0.333 e. The average molecular weight is 326 g/mol. The molecule has 1 aromatic carbocycles. The topological polar surface area (TPSA) is 93.7 Å². The minimum atomic E-state index is -3.86. The first-order valence-corrected chi connectivity index (χ1v) is 8.23. The van der Waals surface area contributed by atoms with Gasteiger partial charge in [-0.05, 0) is 23.6 Å². The van der Waals surface area contributed by atoms with Crippen LogP contribution in [-0.2, 0) is 10.0 Å². The van der Waals surface area contributed by atoms with E-state index < -0.39 is 16.1 Å². The Bertz CT molecular complexity index is 771. The number of anilines is 1. The van der Waals surface area contributed by atoms with Gasteiger partial charge in [0.15, 0.2) is 11.5 Å². The van der Waals surface area contributed by atoms with Crippen LogP contribution in [0.1, 0.15) is 0 Å². The van der Waals surface area contributed by atoms with Crippen LogP contribution in [0.5, 0.6) is 11.5 Å². The lowest BCUT2D eigenvalue weighted by Gasteiger charge is -2.08. The van der Waals surface area contributed by atoms with E-state index in [9.17, 15) is 13.2 Å². The van der Waals surface area contributed by atoms with Gasteiger partial charge in [-0.3, -0.25) is 0 Å². The highest BCUT2D eigenvalue weighted by Crippen LogP contribution is 2.34. The van der Waals surface area contributed by atoms with Crippen molar-refractivity contribution in [1.82, 2.24) is 4.72 Å². The summed E-state index contributed by atoms with van der Waals surface area (Å²) in [5.74, 6) is 1.07. The molecule has 2 heterocycles. The number of carbonyl (C=O) groups is 1. The molecular formula is C12H10N2O5S2. The van der Waals surface area contributed by atoms with Crippen LogP contribution in [-0.4, -0.2) is 21.2 Å². The zero-order valence-electron chi connectivity index (χ0n) is 10.5. The smallest absolute Gasteiger partial charge is 0.333 e. The molecule has 0 saturated heterocycles. The van der Waals surface area contributed by atoms with Gasteiger partial charge in [0.2, 0.25) is 6.79 Å². The third-order valence-corrected chi connectivity index (χ3v) is 4.82. The molecule has 0 saturated carbocycles. The fraction of sp³-hybridized carbons (Fsp3) is 0.0833. The summed E-state index contributed by atoms with van der Waals surface area (Å²) in [7, 11) is -3.86. The van der Waals surface area contributed by atoms with Gasteiger partial charge in [0, 0.05) is 17.1 Å². The molecular weight excluding hydrogens is 316 g/mol. The van der Waals surface area contributed by atoms with E-state index in [4.69, 9.17) is 9.47 Å². The number of rotatable bonds is 3. The summed E-state index contributed by atoms with van der Waals surface area (Å²) >= 11 is 1.23. The van der Waals surface area contributed by atoms with E-state index in [0.29, 0.717) is 17.2 Å². The molecule has 3 rings (SSSR count). The van der Waals surface area contributed by atoms with Gasteiger partial charge in [0.25, 0.3) is 10.0 Å². The average Bonchev–Trinajstić information content (AvgIpc) is 3.09. The molecule has 2 aromatic rings. The summed E-state index contributed by atoms with van der Waals surface area (Å²) < 4.78 is 36.0. The summed E-state index contributed by atoms with van der Waals surface area (Å²) in [6.45, 7) is 0.123. The summed E-state index contributed by atoms with van der Waals surface area (Å²) in [5, 5.41) is 5.48. The van der Waals surface area contributed by atoms with Crippen LogP contribution in [0.25, 0.3) is 0 Å². The lowest BCUT2D eigenvalue weighted by atomic mass is 10.3. The molecule has 0 aliphatic carbocycles. The van der Waals surface area contributed by atoms with Gasteiger partial charge in [0.1, 0.15) is 0 Å². The Kier molecular flexibility index (Phi) is 3.43. The number of sulfonamides is 1. The molecule has 2 N–H and O–H groups in total. The molecule has 1 aromatic heterocycles. The fourth-order valence-electron chi connectivity index (χ4n) is 1.72. The highest BCUT2D eigenvalue weighted by atomic mass is 32.2. The fourth-order valence-corrected chi connectivity index (χ4v) is 3.65. The highest BCUT2D eigenvalue weighted by molar-refractivity contribution is 7.90. The van der Waals surface area contributed by atoms with Crippen molar-refractivity contribution in [3.8, 4) is 11.5 Å². The molecule has 1 aliphatic heterocycles. The first-order chi connectivity index (χ1) is 10.0. The number of hydrogen-bond donors (Lipinski definition) is 2. The number of amides is 2. The number of benzene rings is 1. The molecule has 0 bridgehead atoms. The molecule has 0 atom stereocenters. The first kappa shape index (κ1) is 13.7. The lowest BCUT2D eigenvalue weighted by molar-refractivity contribution is 0.174. The van der Waals surface area contributed by atoms with Crippen LogP contribution in [0.2, 0.25) is 0 Å². The maximum atomic E-state index is 11.9. The summed E-state index contributed by atoms with van der Waals surface area (Å²) in [5.41, 5.74) is 0.400. The van der Waals surface area contributed by atoms with Gasteiger partial charge < -0.3 is 14.8 Å². The normalized spacial score (nSPS) is 13.0. The van der Waals surface area contributed by atoms with Crippen molar-refractivity contribution >= 4 is 33.1 Å². The summed E-state index contributed by atoms with van der Waals surface area (Å²) in [6, 6.07) is 5.34. The van der Waals surface area contributed by atoms with E-state index in [0.717, 1.165) is 0 Å².